The van der Waals surface area contributed by atoms with Crippen LogP contribution in [0.4, 0.5) is 10.2 Å². The summed E-state index contributed by atoms with van der Waals surface area (Å²) in [5.74, 6) is -1.34. The Hall–Kier alpha value is -2.47. The summed E-state index contributed by atoms with van der Waals surface area (Å²) in [5, 5.41) is 9.02. The third-order valence-corrected chi connectivity index (χ3v) is 3.68. The number of aromatic nitrogens is 1. The maximum absolute atomic E-state index is 13.9. The first kappa shape index (κ1) is 16.9. The van der Waals surface area contributed by atoms with E-state index in [-0.39, 0.29) is 23.2 Å². The summed E-state index contributed by atoms with van der Waals surface area (Å²) in [7, 11) is 0. The highest BCUT2D eigenvalue weighted by atomic mass is 19.1. The summed E-state index contributed by atoms with van der Waals surface area (Å²) in [4.78, 5) is 15.9. The molecule has 3 N–H and O–H groups in total. The summed E-state index contributed by atoms with van der Waals surface area (Å²) < 4.78 is 13.9. The van der Waals surface area contributed by atoms with Gasteiger partial charge in [-0.05, 0) is 30.5 Å². The van der Waals surface area contributed by atoms with Crippen molar-refractivity contribution in [1.82, 2.24) is 10.4 Å². The minimum absolute atomic E-state index is 0.115. The second-order valence-electron chi connectivity index (χ2n) is 5.44. The van der Waals surface area contributed by atoms with Crippen LogP contribution in [0.5, 0.6) is 0 Å². The number of pyridine rings is 1. The van der Waals surface area contributed by atoms with Crippen molar-refractivity contribution in [1.29, 1.82) is 0 Å². The molecule has 1 atom stereocenters. The zero-order valence-electron chi connectivity index (χ0n) is 13.1. The second kappa shape index (κ2) is 7.69. The second-order valence-corrected chi connectivity index (χ2v) is 5.44. The highest BCUT2D eigenvalue weighted by molar-refractivity contribution is 5.79. The van der Waals surface area contributed by atoms with Gasteiger partial charge in [-0.15, -0.1) is 0 Å². The van der Waals surface area contributed by atoms with E-state index in [2.05, 4.69) is 15.8 Å². The molecule has 122 valence electrons. The van der Waals surface area contributed by atoms with Crippen molar-refractivity contribution < 1.29 is 14.3 Å². The van der Waals surface area contributed by atoms with E-state index >= 15 is 0 Å². The van der Waals surface area contributed by atoms with Gasteiger partial charge in [0.2, 0.25) is 5.91 Å². The summed E-state index contributed by atoms with van der Waals surface area (Å²) in [6.45, 7) is 3.37. The molecule has 0 bridgehead atoms. The quantitative estimate of drug-likeness (QED) is 0.715. The van der Waals surface area contributed by atoms with E-state index in [1.54, 1.807) is 6.92 Å². The number of carbonyl (C=O) groups is 1. The maximum Gasteiger partial charge on any atom is 0.241 e. The van der Waals surface area contributed by atoms with E-state index in [0.29, 0.717) is 6.42 Å². The van der Waals surface area contributed by atoms with Crippen LogP contribution in [0.15, 0.2) is 36.5 Å². The fourth-order valence-corrected chi connectivity index (χ4v) is 2.20. The van der Waals surface area contributed by atoms with Gasteiger partial charge < -0.3 is 5.11 Å². The highest BCUT2D eigenvalue weighted by Crippen LogP contribution is 2.15. The van der Waals surface area contributed by atoms with Crippen LogP contribution in [-0.4, -0.2) is 16.0 Å². The van der Waals surface area contributed by atoms with Crippen molar-refractivity contribution in [3.8, 4) is 0 Å². The van der Waals surface area contributed by atoms with Crippen molar-refractivity contribution in [3.05, 3.63) is 59.0 Å². The molecule has 2 rings (SSSR count). The summed E-state index contributed by atoms with van der Waals surface area (Å²) >= 11 is 0. The molecule has 0 saturated carbocycles. The van der Waals surface area contributed by atoms with E-state index in [1.807, 2.05) is 31.2 Å². The van der Waals surface area contributed by atoms with Gasteiger partial charge in [0.1, 0.15) is 0 Å². The molecule has 0 radical (unpaired) electrons. The van der Waals surface area contributed by atoms with E-state index in [4.69, 9.17) is 5.11 Å². The molecule has 1 aromatic heterocycles. The van der Waals surface area contributed by atoms with Crippen LogP contribution in [0.1, 0.15) is 23.6 Å². The SMILES string of the molecule is Cc1ccccc1CC(C)C(=O)NNc1nccc(CO)c1F. The molecule has 0 aliphatic rings. The number of carbonyl (C=O) groups excluding carboxylic acids is 1. The lowest BCUT2D eigenvalue weighted by Crippen LogP contribution is -2.35. The Bertz CT molecular complexity index is 691. The summed E-state index contributed by atoms with van der Waals surface area (Å²) in [6, 6.07) is 9.25. The first-order valence-corrected chi connectivity index (χ1v) is 7.37. The zero-order chi connectivity index (χ0) is 16.8. The van der Waals surface area contributed by atoms with Gasteiger partial charge in [-0.3, -0.25) is 15.6 Å². The predicted molar refractivity (Wildman–Crippen MR) is 85.9 cm³/mol. The molecule has 5 nitrogen and oxygen atoms in total. The fraction of sp³-hybridized carbons (Fsp3) is 0.294. The molecule has 1 heterocycles. The lowest BCUT2D eigenvalue weighted by Gasteiger charge is -2.15. The number of halogens is 1. The smallest absolute Gasteiger partial charge is 0.241 e. The standard InChI is InChI=1S/C17H20FN3O2/c1-11-5-3-4-6-13(11)9-12(2)17(23)21-20-16-15(18)14(10-22)7-8-19-16/h3-8,12,22H,9-10H2,1-2H3,(H,19,20)(H,21,23). The van der Waals surface area contributed by atoms with Crippen molar-refractivity contribution in [2.75, 3.05) is 5.43 Å². The maximum atomic E-state index is 13.9. The van der Waals surface area contributed by atoms with E-state index < -0.39 is 12.4 Å². The number of hydrogen-bond donors (Lipinski definition) is 3. The monoisotopic (exact) mass is 317 g/mol. The third-order valence-electron chi connectivity index (χ3n) is 3.68. The van der Waals surface area contributed by atoms with E-state index in [9.17, 15) is 9.18 Å². The Morgan fingerprint density at radius 1 is 1.30 bits per heavy atom. The zero-order valence-corrected chi connectivity index (χ0v) is 13.1. The molecule has 2 aromatic rings. The Balaban J connectivity index is 1.96. The molecule has 23 heavy (non-hydrogen) atoms. The van der Waals surface area contributed by atoms with Crippen LogP contribution in [0.25, 0.3) is 0 Å². The average Bonchev–Trinajstić information content (AvgIpc) is 2.55. The van der Waals surface area contributed by atoms with Gasteiger partial charge in [0, 0.05) is 17.7 Å². The van der Waals surface area contributed by atoms with Gasteiger partial charge in [-0.1, -0.05) is 31.2 Å². The highest BCUT2D eigenvalue weighted by Gasteiger charge is 2.15. The van der Waals surface area contributed by atoms with Crippen LogP contribution in [0, 0.1) is 18.7 Å². The van der Waals surface area contributed by atoms with E-state index in [0.717, 1.165) is 11.1 Å². The third kappa shape index (κ3) is 4.26. The first-order chi connectivity index (χ1) is 11.0. The van der Waals surface area contributed by atoms with Gasteiger partial charge in [0.15, 0.2) is 11.6 Å². The molecule has 1 amide bonds. The number of benzene rings is 1. The number of aryl methyl sites for hydroxylation is 1. The van der Waals surface area contributed by atoms with Crippen LogP contribution >= 0.6 is 0 Å². The van der Waals surface area contributed by atoms with Crippen molar-refractivity contribution in [2.45, 2.75) is 26.9 Å². The summed E-state index contributed by atoms with van der Waals surface area (Å²) in [6.07, 6.45) is 1.95. The minimum atomic E-state index is -0.679. The van der Waals surface area contributed by atoms with Crippen molar-refractivity contribution >= 4 is 11.7 Å². The molecule has 0 spiro atoms. The van der Waals surface area contributed by atoms with Crippen molar-refractivity contribution in [3.63, 3.8) is 0 Å². The molecule has 1 unspecified atom stereocenters. The molecule has 0 saturated heterocycles. The van der Waals surface area contributed by atoms with Crippen molar-refractivity contribution in [2.24, 2.45) is 5.92 Å². The minimum Gasteiger partial charge on any atom is -0.392 e. The van der Waals surface area contributed by atoms with Gasteiger partial charge in [-0.2, -0.15) is 0 Å². The molecule has 6 heteroatoms. The van der Waals surface area contributed by atoms with Crippen LogP contribution < -0.4 is 10.9 Å². The molecular weight excluding hydrogens is 297 g/mol. The van der Waals surface area contributed by atoms with Crippen LogP contribution in [-0.2, 0) is 17.8 Å². The number of aliphatic hydroxyl groups is 1. The Morgan fingerprint density at radius 3 is 2.74 bits per heavy atom. The lowest BCUT2D eigenvalue weighted by atomic mass is 9.97. The first-order valence-electron chi connectivity index (χ1n) is 7.37. The van der Waals surface area contributed by atoms with Gasteiger partial charge in [0.25, 0.3) is 0 Å². The topological polar surface area (TPSA) is 74.2 Å². The largest absolute Gasteiger partial charge is 0.392 e. The van der Waals surface area contributed by atoms with Gasteiger partial charge in [0.05, 0.1) is 6.61 Å². The Kier molecular flexibility index (Phi) is 5.65. The number of amides is 1. The fourth-order valence-electron chi connectivity index (χ4n) is 2.20. The van der Waals surface area contributed by atoms with Crippen LogP contribution in [0.3, 0.4) is 0 Å². The van der Waals surface area contributed by atoms with Gasteiger partial charge in [-0.25, -0.2) is 9.37 Å². The lowest BCUT2D eigenvalue weighted by molar-refractivity contribution is -0.123. The molecule has 0 aliphatic carbocycles. The molecule has 1 aromatic carbocycles. The number of nitrogens with one attached hydrogen (secondary N) is 2. The number of nitrogens with zero attached hydrogens (tertiary/aromatic N) is 1. The molecule has 0 aliphatic heterocycles. The van der Waals surface area contributed by atoms with E-state index in [1.165, 1.54) is 12.3 Å². The molecule has 0 fully saturated rings. The van der Waals surface area contributed by atoms with Gasteiger partial charge >= 0.3 is 0 Å². The number of hydrazine groups is 1. The Labute approximate surface area is 134 Å². The average molecular weight is 317 g/mol. The Morgan fingerprint density at radius 2 is 2.04 bits per heavy atom. The summed E-state index contributed by atoms with van der Waals surface area (Å²) in [5.41, 5.74) is 7.27. The predicted octanol–water partition coefficient (Wildman–Crippen LogP) is 2.34. The number of hydrogen-bond acceptors (Lipinski definition) is 4. The number of anilines is 1. The number of aliphatic hydroxyl groups excluding tert-OH is 1. The number of rotatable bonds is 6. The normalized spacial score (nSPS) is 11.8. The molecular formula is C17H20FN3O2. The van der Waals surface area contributed by atoms with Crippen LogP contribution in [0.2, 0.25) is 0 Å².